The largest absolute Gasteiger partial charge is 1.00 e. The second-order valence-corrected chi connectivity index (χ2v) is 6.11. The minimum absolute atomic E-state index is 0. The smallest absolute Gasteiger partial charge is 0.549 e. The van der Waals surface area contributed by atoms with Crippen molar-refractivity contribution in [2.75, 3.05) is 0 Å². The zero-order chi connectivity index (χ0) is 13.9. The Labute approximate surface area is 171 Å². The number of hydrogen-bond acceptors (Lipinski definition) is 4. The number of carbonyl (C=O) groups is 2. The second kappa shape index (κ2) is 9.94. The fraction of sp³-hybridized carbons (Fsp3) is 0.867. The van der Waals surface area contributed by atoms with Crippen molar-refractivity contribution in [3.63, 3.8) is 0 Å². The molecular weight excluding hydrogens is 290 g/mol. The van der Waals surface area contributed by atoms with Crippen molar-refractivity contribution in [2.45, 2.75) is 64.2 Å². The molecule has 0 atom stereocenters. The molecule has 0 amide bonds. The molecule has 0 aliphatic heterocycles. The summed E-state index contributed by atoms with van der Waals surface area (Å²) in [4.78, 5) is 23.5. The molecule has 0 N–H and O–H groups in total. The molecule has 2 rings (SSSR count). The third kappa shape index (κ3) is 4.48. The monoisotopic (exact) mass is 312 g/mol. The summed E-state index contributed by atoms with van der Waals surface area (Å²) in [6.45, 7) is 0. The van der Waals surface area contributed by atoms with Gasteiger partial charge < -0.3 is 19.8 Å². The van der Waals surface area contributed by atoms with Gasteiger partial charge in [0.05, 0.1) is 17.4 Å². The number of carbonyl (C=O) groups excluding carboxylic acids is 2. The molecule has 2 aliphatic rings. The molecule has 0 aromatic rings. The van der Waals surface area contributed by atoms with Crippen LogP contribution in [-0.2, 0) is 9.59 Å². The Morgan fingerprint density at radius 2 is 0.952 bits per heavy atom. The Kier molecular flexibility index (Phi) is 10.4. The van der Waals surface area contributed by atoms with Gasteiger partial charge in [0.2, 0.25) is 0 Å². The molecule has 2 saturated carbocycles. The maximum absolute atomic E-state index is 11.7. The van der Waals surface area contributed by atoms with E-state index in [1.165, 1.54) is 0 Å². The first-order valence-corrected chi connectivity index (χ1v) is 7.53. The normalized spacial score (nSPS) is 21.0. The summed E-state index contributed by atoms with van der Waals surface area (Å²) >= 11 is 0. The first-order valence-electron chi connectivity index (χ1n) is 7.53. The van der Waals surface area contributed by atoms with Crippen LogP contribution in [0.2, 0.25) is 0 Å². The Morgan fingerprint density at radius 1 is 0.667 bits per heavy atom. The SMILES string of the molecule is O=C([O-])C(C(=O)[O-])(C1CCCCC1)C1CCCCC1.[Na+].[Na+]. The standard InChI is InChI=1S/C15H24O4.2Na/c16-13(17)15(14(18)19,11-7-3-1-4-8-11)12-9-5-2-6-10-12;;/h11-12H,1-10H2,(H,16,17)(H,18,19);;/q;2*+1/p-2. The first kappa shape index (κ1) is 21.9. The number of rotatable bonds is 4. The molecular formula is C15H22Na2O4. The van der Waals surface area contributed by atoms with Gasteiger partial charge in [0, 0.05) is 0 Å². The average molecular weight is 312 g/mol. The van der Waals surface area contributed by atoms with E-state index in [4.69, 9.17) is 0 Å². The van der Waals surface area contributed by atoms with Crippen LogP contribution in [0.4, 0.5) is 0 Å². The molecule has 0 radical (unpaired) electrons. The van der Waals surface area contributed by atoms with Gasteiger partial charge in [0.25, 0.3) is 0 Å². The van der Waals surface area contributed by atoms with E-state index in [1.807, 2.05) is 0 Å². The third-order valence-corrected chi connectivity index (χ3v) is 5.17. The van der Waals surface area contributed by atoms with Gasteiger partial charge in [0.15, 0.2) is 0 Å². The number of hydrogen-bond donors (Lipinski definition) is 0. The van der Waals surface area contributed by atoms with E-state index in [-0.39, 0.29) is 71.0 Å². The summed E-state index contributed by atoms with van der Waals surface area (Å²) in [6, 6.07) is 0. The molecule has 0 aromatic carbocycles. The molecule has 4 nitrogen and oxygen atoms in total. The van der Waals surface area contributed by atoms with Crippen LogP contribution in [0.25, 0.3) is 0 Å². The van der Waals surface area contributed by atoms with E-state index >= 15 is 0 Å². The molecule has 6 heteroatoms. The molecule has 108 valence electrons. The molecule has 21 heavy (non-hydrogen) atoms. The summed E-state index contributed by atoms with van der Waals surface area (Å²) in [5.74, 6) is -3.43. The summed E-state index contributed by atoms with van der Waals surface area (Å²) in [5.41, 5.74) is -1.75. The molecule has 0 bridgehead atoms. The van der Waals surface area contributed by atoms with Gasteiger partial charge in [-0.3, -0.25) is 0 Å². The summed E-state index contributed by atoms with van der Waals surface area (Å²) in [6.07, 6.45) is 8.52. The number of carboxylic acid groups (broad SMARTS) is 2. The topological polar surface area (TPSA) is 80.3 Å². The summed E-state index contributed by atoms with van der Waals surface area (Å²) < 4.78 is 0. The maximum atomic E-state index is 11.7. The number of aliphatic carboxylic acids is 2. The van der Waals surface area contributed by atoms with Gasteiger partial charge in [-0.05, 0) is 37.5 Å². The van der Waals surface area contributed by atoms with E-state index in [0.29, 0.717) is 25.7 Å². The molecule has 2 aliphatic carbocycles. The van der Waals surface area contributed by atoms with Gasteiger partial charge in [-0.15, -0.1) is 0 Å². The van der Waals surface area contributed by atoms with Crippen LogP contribution < -0.4 is 69.3 Å². The number of carboxylic acids is 2. The van der Waals surface area contributed by atoms with Crippen molar-refractivity contribution >= 4 is 11.9 Å². The summed E-state index contributed by atoms with van der Waals surface area (Å²) in [7, 11) is 0. The fourth-order valence-corrected chi connectivity index (χ4v) is 4.20. The van der Waals surface area contributed by atoms with Gasteiger partial charge in [-0.1, -0.05) is 38.5 Å². The van der Waals surface area contributed by atoms with Crippen LogP contribution in [0.15, 0.2) is 0 Å². The zero-order valence-corrected chi connectivity index (χ0v) is 17.4. The zero-order valence-electron chi connectivity index (χ0n) is 13.4. The molecule has 0 aromatic heterocycles. The first-order chi connectivity index (χ1) is 9.10. The van der Waals surface area contributed by atoms with Crippen LogP contribution in [0.1, 0.15) is 64.2 Å². The maximum Gasteiger partial charge on any atom is 1.00 e. The minimum atomic E-state index is -1.75. The molecule has 0 spiro atoms. The van der Waals surface area contributed by atoms with Crippen LogP contribution in [0, 0.1) is 17.3 Å². The van der Waals surface area contributed by atoms with Crippen molar-refractivity contribution in [1.29, 1.82) is 0 Å². The fourth-order valence-electron chi connectivity index (χ4n) is 4.20. The Morgan fingerprint density at radius 3 is 1.19 bits per heavy atom. The molecule has 2 fully saturated rings. The summed E-state index contributed by atoms with van der Waals surface area (Å²) in [5, 5.41) is 23.5. The van der Waals surface area contributed by atoms with Gasteiger partial charge in [-0.2, -0.15) is 0 Å². The molecule has 0 unspecified atom stereocenters. The quantitative estimate of drug-likeness (QED) is 0.383. The van der Waals surface area contributed by atoms with E-state index in [9.17, 15) is 19.8 Å². The van der Waals surface area contributed by atoms with Crippen LogP contribution in [0.3, 0.4) is 0 Å². The van der Waals surface area contributed by atoms with E-state index in [0.717, 1.165) is 38.5 Å². The van der Waals surface area contributed by atoms with Gasteiger partial charge >= 0.3 is 59.1 Å². The molecule has 0 saturated heterocycles. The van der Waals surface area contributed by atoms with Crippen molar-refractivity contribution < 1.29 is 78.9 Å². The second-order valence-electron chi connectivity index (χ2n) is 6.11. The Balaban J connectivity index is 0.00000200. The van der Waals surface area contributed by atoms with Crippen molar-refractivity contribution in [3.05, 3.63) is 0 Å². The Bertz CT molecular complexity index is 314. The van der Waals surface area contributed by atoms with E-state index in [2.05, 4.69) is 0 Å². The van der Waals surface area contributed by atoms with Gasteiger partial charge in [0.1, 0.15) is 0 Å². The van der Waals surface area contributed by atoms with E-state index < -0.39 is 17.4 Å². The van der Waals surface area contributed by atoms with Crippen molar-refractivity contribution in [2.24, 2.45) is 17.3 Å². The molecule has 0 heterocycles. The van der Waals surface area contributed by atoms with Crippen LogP contribution in [0.5, 0.6) is 0 Å². The third-order valence-electron chi connectivity index (χ3n) is 5.17. The van der Waals surface area contributed by atoms with Crippen LogP contribution in [-0.4, -0.2) is 11.9 Å². The van der Waals surface area contributed by atoms with E-state index in [1.54, 1.807) is 0 Å². The van der Waals surface area contributed by atoms with Crippen molar-refractivity contribution in [1.82, 2.24) is 0 Å². The van der Waals surface area contributed by atoms with Crippen molar-refractivity contribution in [3.8, 4) is 0 Å². The predicted octanol–water partition coefficient (Wildman–Crippen LogP) is -5.36. The van der Waals surface area contributed by atoms with Gasteiger partial charge in [-0.25, -0.2) is 0 Å². The minimum Gasteiger partial charge on any atom is -0.549 e. The average Bonchev–Trinajstić information content (AvgIpc) is 2.41. The Hall–Kier alpha value is 0.940. The van der Waals surface area contributed by atoms with Crippen LogP contribution >= 0.6 is 0 Å². The predicted molar refractivity (Wildman–Crippen MR) is 65.6 cm³/mol.